The lowest BCUT2D eigenvalue weighted by Gasteiger charge is -2.08. The molecule has 0 aliphatic carbocycles. The molecule has 80 valence electrons. The first-order chi connectivity index (χ1) is 7.20. The van der Waals surface area contributed by atoms with E-state index in [1.54, 1.807) is 0 Å². The van der Waals surface area contributed by atoms with E-state index >= 15 is 0 Å². The number of nitrogens with zero attached hydrogens (tertiary/aromatic N) is 1. The summed E-state index contributed by atoms with van der Waals surface area (Å²) in [6.07, 6.45) is 2.33. The van der Waals surface area contributed by atoms with E-state index in [4.69, 9.17) is 21.8 Å². The Labute approximate surface area is 93.2 Å². The van der Waals surface area contributed by atoms with Crippen LogP contribution >= 0.6 is 11.6 Å². The van der Waals surface area contributed by atoms with Gasteiger partial charge in [-0.3, -0.25) is 0 Å². The molecule has 1 aromatic heterocycles. The molecule has 4 heteroatoms. The summed E-state index contributed by atoms with van der Waals surface area (Å²) in [5.74, 6) is 0.449. The Morgan fingerprint density at radius 3 is 3.07 bits per heavy atom. The third-order valence-corrected chi connectivity index (χ3v) is 2.71. The van der Waals surface area contributed by atoms with Gasteiger partial charge in [-0.25, -0.2) is 4.98 Å². The standard InChI is InChI=1S/C11H13ClN2O/c1-7(5-13)2-8-3-9(12)11-10(4-8)14-6-15-11/h3-4,6-7H,2,5,13H2,1H3. The molecule has 0 saturated carbocycles. The van der Waals surface area contributed by atoms with Crippen LogP contribution in [0.15, 0.2) is 22.9 Å². The minimum Gasteiger partial charge on any atom is -0.442 e. The lowest BCUT2D eigenvalue weighted by atomic mass is 10.0. The zero-order chi connectivity index (χ0) is 10.8. The molecular weight excluding hydrogens is 212 g/mol. The molecule has 0 fully saturated rings. The number of benzene rings is 1. The van der Waals surface area contributed by atoms with Gasteiger partial charge in [0.1, 0.15) is 5.52 Å². The van der Waals surface area contributed by atoms with Crippen molar-refractivity contribution in [3.63, 3.8) is 0 Å². The van der Waals surface area contributed by atoms with Crippen molar-refractivity contribution < 1.29 is 4.42 Å². The largest absolute Gasteiger partial charge is 0.442 e. The molecule has 3 nitrogen and oxygen atoms in total. The highest BCUT2D eigenvalue weighted by molar-refractivity contribution is 6.34. The van der Waals surface area contributed by atoms with Crippen LogP contribution in [0.4, 0.5) is 0 Å². The molecule has 0 aliphatic rings. The zero-order valence-corrected chi connectivity index (χ0v) is 9.29. The highest BCUT2D eigenvalue weighted by Gasteiger charge is 2.08. The van der Waals surface area contributed by atoms with E-state index in [2.05, 4.69) is 11.9 Å². The fourth-order valence-corrected chi connectivity index (χ4v) is 1.87. The average molecular weight is 225 g/mol. The summed E-state index contributed by atoms with van der Waals surface area (Å²) in [7, 11) is 0. The fourth-order valence-electron chi connectivity index (χ4n) is 1.59. The maximum absolute atomic E-state index is 6.07. The fraction of sp³-hybridized carbons (Fsp3) is 0.364. The summed E-state index contributed by atoms with van der Waals surface area (Å²) in [4.78, 5) is 4.09. The van der Waals surface area contributed by atoms with Gasteiger partial charge in [0.15, 0.2) is 12.0 Å². The smallest absolute Gasteiger partial charge is 0.182 e. The molecule has 1 aromatic carbocycles. The van der Waals surface area contributed by atoms with Crippen LogP contribution in [0.5, 0.6) is 0 Å². The van der Waals surface area contributed by atoms with Crippen molar-refractivity contribution >= 4 is 22.7 Å². The number of aromatic nitrogens is 1. The minimum absolute atomic E-state index is 0.449. The molecule has 0 saturated heterocycles. The first kappa shape index (κ1) is 10.5. The maximum atomic E-state index is 6.07. The van der Waals surface area contributed by atoms with Crippen LogP contribution in [0.2, 0.25) is 5.02 Å². The Morgan fingerprint density at radius 1 is 1.53 bits per heavy atom. The van der Waals surface area contributed by atoms with Crippen molar-refractivity contribution in [2.45, 2.75) is 13.3 Å². The molecule has 2 N–H and O–H groups in total. The molecule has 0 radical (unpaired) electrons. The minimum atomic E-state index is 0.449. The van der Waals surface area contributed by atoms with Gasteiger partial charge in [-0.05, 0) is 36.6 Å². The third-order valence-electron chi connectivity index (χ3n) is 2.43. The van der Waals surface area contributed by atoms with Crippen LogP contribution in [0.1, 0.15) is 12.5 Å². The van der Waals surface area contributed by atoms with Crippen LogP contribution in [-0.2, 0) is 6.42 Å². The van der Waals surface area contributed by atoms with Gasteiger partial charge < -0.3 is 10.2 Å². The summed E-state index contributed by atoms with van der Waals surface area (Å²) in [5, 5.41) is 0.615. The van der Waals surface area contributed by atoms with Crippen LogP contribution in [0, 0.1) is 5.92 Å². The second kappa shape index (κ2) is 4.21. The topological polar surface area (TPSA) is 52.0 Å². The number of rotatable bonds is 3. The van der Waals surface area contributed by atoms with Crippen molar-refractivity contribution in [2.75, 3.05) is 6.54 Å². The van der Waals surface area contributed by atoms with Gasteiger partial charge in [-0.2, -0.15) is 0 Å². The number of hydrogen-bond donors (Lipinski definition) is 1. The quantitative estimate of drug-likeness (QED) is 0.872. The molecule has 1 unspecified atom stereocenters. The molecule has 1 atom stereocenters. The maximum Gasteiger partial charge on any atom is 0.182 e. The monoisotopic (exact) mass is 224 g/mol. The Balaban J connectivity index is 2.36. The second-order valence-electron chi connectivity index (χ2n) is 3.82. The van der Waals surface area contributed by atoms with Crippen molar-refractivity contribution in [2.24, 2.45) is 11.7 Å². The van der Waals surface area contributed by atoms with E-state index in [9.17, 15) is 0 Å². The molecule has 2 rings (SSSR count). The summed E-state index contributed by atoms with van der Waals surface area (Å²) < 4.78 is 5.17. The van der Waals surface area contributed by atoms with E-state index in [-0.39, 0.29) is 0 Å². The second-order valence-corrected chi connectivity index (χ2v) is 4.23. The number of nitrogens with two attached hydrogens (primary N) is 1. The molecule has 0 aliphatic heterocycles. The van der Waals surface area contributed by atoms with E-state index in [1.807, 2.05) is 12.1 Å². The molecule has 15 heavy (non-hydrogen) atoms. The average Bonchev–Trinajstić information content (AvgIpc) is 2.66. The summed E-state index contributed by atoms with van der Waals surface area (Å²) in [5.41, 5.74) is 8.20. The van der Waals surface area contributed by atoms with Gasteiger partial charge in [0, 0.05) is 0 Å². The lowest BCUT2D eigenvalue weighted by molar-refractivity contribution is 0.592. The predicted molar refractivity (Wildman–Crippen MR) is 60.9 cm³/mol. The highest BCUT2D eigenvalue weighted by atomic mass is 35.5. The number of fused-ring (bicyclic) bond motifs is 1. The van der Waals surface area contributed by atoms with Gasteiger partial charge in [-0.1, -0.05) is 18.5 Å². The summed E-state index contributed by atoms with van der Waals surface area (Å²) in [6.45, 7) is 2.79. The van der Waals surface area contributed by atoms with Crippen LogP contribution < -0.4 is 5.73 Å². The molecule has 0 bridgehead atoms. The Bertz CT molecular complexity index is 467. The molecule has 1 heterocycles. The van der Waals surface area contributed by atoms with Crippen LogP contribution in [0.3, 0.4) is 0 Å². The van der Waals surface area contributed by atoms with Crippen molar-refractivity contribution in [3.8, 4) is 0 Å². The van der Waals surface area contributed by atoms with Gasteiger partial charge in [0.2, 0.25) is 0 Å². The highest BCUT2D eigenvalue weighted by Crippen LogP contribution is 2.25. The number of halogens is 1. The lowest BCUT2D eigenvalue weighted by Crippen LogP contribution is -2.13. The van der Waals surface area contributed by atoms with Crippen molar-refractivity contribution in [1.29, 1.82) is 0 Å². The number of oxazole rings is 1. The van der Waals surface area contributed by atoms with Crippen molar-refractivity contribution in [3.05, 3.63) is 29.1 Å². The van der Waals surface area contributed by atoms with Crippen LogP contribution in [0.25, 0.3) is 11.1 Å². The van der Waals surface area contributed by atoms with Gasteiger partial charge in [-0.15, -0.1) is 0 Å². The molecule has 0 amide bonds. The van der Waals surface area contributed by atoms with Gasteiger partial charge in [0.25, 0.3) is 0 Å². The normalized spacial score (nSPS) is 13.3. The Hall–Kier alpha value is -1.06. The molecule has 0 spiro atoms. The Kier molecular flexibility index (Phi) is 2.93. The van der Waals surface area contributed by atoms with Gasteiger partial charge in [0.05, 0.1) is 5.02 Å². The Morgan fingerprint density at radius 2 is 2.33 bits per heavy atom. The van der Waals surface area contributed by atoms with E-state index in [0.717, 1.165) is 17.5 Å². The SMILES string of the molecule is CC(CN)Cc1cc(Cl)c2ocnc2c1. The predicted octanol–water partition coefficient (Wildman–Crippen LogP) is 2.62. The summed E-state index contributed by atoms with van der Waals surface area (Å²) >= 11 is 6.07. The molecule has 2 aromatic rings. The molecular formula is C11H13ClN2O. The van der Waals surface area contributed by atoms with Crippen molar-refractivity contribution in [1.82, 2.24) is 4.98 Å². The zero-order valence-electron chi connectivity index (χ0n) is 8.53. The summed E-state index contributed by atoms with van der Waals surface area (Å²) in [6, 6.07) is 3.91. The van der Waals surface area contributed by atoms with E-state index < -0.39 is 0 Å². The third kappa shape index (κ3) is 2.13. The first-order valence-electron chi connectivity index (χ1n) is 4.92. The first-order valence-corrected chi connectivity index (χ1v) is 5.30. The van der Waals surface area contributed by atoms with Crippen LogP contribution in [-0.4, -0.2) is 11.5 Å². The van der Waals surface area contributed by atoms with E-state index in [1.165, 1.54) is 6.39 Å². The number of hydrogen-bond acceptors (Lipinski definition) is 3. The van der Waals surface area contributed by atoms with E-state index in [0.29, 0.717) is 23.1 Å². The van der Waals surface area contributed by atoms with Gasteiger partial charge >= 0.3 is 0 Å².